The molecule has 0 aliphatic carbocycles. The number of carbonyl (C=O) groups excluding carboxylic acids is 1. The number of rotatable bonds is 3. The van der Waals surface area contributed by atoms with E-state index in [0.29, 0.717) is 0 Å². The zero-order valence-electron chi connectivity index (χ0n) is 11.1. The van der Waals surface area contributed by atoms with Crippen molar-refractivity contribution in [3.8, 4) is 28.7 Å². The van der Waals surface area contributed by atoms with Crippen LogP contribution in [0.2, 0.25) is 0 Å². The molecule has 114 valence electrons. The number of hydrogen-bond acceptors (Lipinski definition) is 7. The van der Waals surface area contributed by atoms with Crippen LogP contribution in [0.25, 0.3) is 6.08 Å². The van der Waals surface area contributed by atoms with Crippen molar-refractivity contribution >= 4 is 11.9 Å². The lowest BCUT2D eigenvalue weighted by Crippen LogP contribution is -2.02. The third-order valence-electron chi connectivity index (χ3n) is 2.87. The Kier molecular flexibility index (Phi) is 3.81. The van der Waals surface area contributed by atoms with Gasteiger partial charge in [0.05, 0.1) is 5.56 Å². The maximum atomic E-state index is 12.0. The van der Waals surface area contributed by atoms with Crippen LogP contribution in [-0.4, -0.2) is 36.4 Å². The Hall–Kier alpha value is -3.35. The second-order valence-corrected chi connectivity index (χ2v) is 4.46. The van der Waals surface area contributed by atoms with E-state index in [4.69, 9.17) is 5.11 Å². The minimum atomic E-state index is -0.901. The van der Waals surface area contributed by atoms with Gasteiger partial charge in [0.15, 0.2) is 17.3 Å². The van der Waals surface area contributed by atoms with Gasteiger partial charge in [0, 0.05) is 17.7 Å². The highest BCUT2D eigenvalue weighted by Crippen LogP contribution is 2.34. The van der Waals surface area contributed by atoms with Crippen LogP contribution >= 0.6 is 0 Å². The van der Waals surface area contributed by atoms with Crippen molar-refractivity contribution in [3.63, 3.8) is 0 Å². The van der Waals surface area contributed by atoms with Gasteiger partial charge in [0.25, 0.3) is 0 Å². The van der Waals surface area contributed by atoms with Gasteiger partial charge in [-0.15, -0.1) is 0 Å². The van der Waals surface area contributed by atoms with Crippen LogP contribution in [0.1, 0.15) is 15.9 Å². The van der Waals surface area contributed by atoms with E-state index >= 15 is 0 Å². The molecule has 0 atom stereocenters. The average molecular weight is 304 g/mol. The highest BCUT2D eigenvalue weighted by atomic mass is 16.3. The molecule has 7 nitrogen and oxygen atoms in total. The maximum absolute atomic E-state index is 12.0. The number of aliphatic hydroxyl groups excluding tert-OH is 1. The van der Waals surface area contributed by atoms with Crippen LogP contribution < -0.4 is 0 Å². The highest BCUT2D eigenvalue weighted by Gasteiger charge is 2.16. The van der Waals surface area contributed by atoms with Gasteiger partial charge in [0.1, 0.15) is 17.2 Å². The lowest BCUT2D eigenvalue weighted by Gasteiger charge is -2.06. The van der Waals surface area contributed by atoms with Crippen LogP contribution in [0, 0.1) is 0 Å². The maximum Gasteiger partial charge on any atom is 0.227 e. The van der Waals surface area contributed by atoms with Crippen molar-refractivity contribution in [2.24, 2.45) is 0 Å². The molecular formula is C15H12O7. The third-order valence-corrected chi connectivity index (χ3v) is 2.87. The van der Waals surface area contributed by atoms with E-state index in [1.165, 1.54) is 6.07 Å². The van der Waals surface area contributed by atoms with Crippen molar-refractivity contribution in [3.05, 3.63) is 47.2 Å². The first-order valence-electron chi connectivity index (χ1n) is 6.02. The van der Waals surface area contributed by atoms with Crippen LogP contribution in [0.3, 0.4) is 0 Å². The largest absolute Gasteiger partial charge is 0.508 e. The van der Waals surface area contributed by atoms with Gasteiger partial charge < -0.3 is 30.6 Å². The minimum Gasteiger partial charge on any atom is -0.508 e. The fourth-order valence-electron chi connectivity index (χ4n) is 1.77. The summed E-state index contributed by atoms with van der Waals surface area (Å²) in [4.78, 5) is 12.0. The molecule has 7 heteroatoms. The van der Waals surface area contributed by atoms with Crippen LogP contribution in [0.4, 0.5) is 0 Å². The molecule has 2 aromatic rings. The number of benzene rings is 2. The van der Waals surface area contributed by atoms with Crippen molar-refractivity contribution in [2.45, 2.75) is 0 Å². The first-order valence-corrected chi connectivity index (χ1v) is 6.02. The van der Waals surface area contributed by atoms with E-state index in [0.717, 1.165) is 30.3 Å². The molecule has 0 radical (unpaired) electrons. The number of ketones is 1. The van der Waals surface area contributed by atoms with Crippen LogP contribution in [0.5, 0.6) is 28.7 Å². The molecular weight excluding hydrogens is 292 g/mol. The molecule has 0 unspecified atom stereocenters. The minimum absolute atomic E-state index is 0.109. The number of phenols is 5. The molecule has 2 aromatic carbocycles. The average Bonchev–Trinajstić information content (AvgIpc) is 2.44. The summed E-state index contributed by atoms with van der Waals surface area (Å²) in [5.41, 5.74) is -0.367. The SMILES string of the molecule is O=C(/C(O)=C\c1c(O)cc(O)cc1O)c1ccc(O)c(O)c1. The number of Topliss-reactive ketones (excluding diaryl/α,β-unsaturated/α-hetero) is 1. The van der Waals surface area contributed by atoms with E-state index in [1.54, 1.807) is 0 Å². The summed E-state index contributed by atoms with van der Waals surface area (Å²) in [7, 11) is 0. The normalized spacial score (nSPS) is 11.4. The van der Waals surface area contributed by atoms with Gasteiger partial charge in [-0.25, -0.2) is 0 Å². The van der Waals surface area contributed by atoms with E-state index in [1.807, 2.05) is 0 Å². The topological polar surface area (TPSA) is 138 Å². The van der Waals surface area contributed by atoms with Gasteiger partial charge >= 0.3 is 0 Å². The molecule has 2 rings (SSSR count). The van der Waals surface area contributed by atoms with E-state index in [2.05, 4.69) is 0 Å². The quantitative estimate of drug-likeness (QED) is 0.221. The van der Waals surface area contributed by atoms with Gasteiger partial charge in [-0.1, -0.05) is 0 Å². The summed E-state index contributed by atoms with van der Waals surface area (Å²) in [5.74, 6) is -4.14. The summed E-state index contributed by atoms with van der Waals surface area (Å²) in [6, 6.07) is 5.06. The number of aliphatic hydroxyl groups is 1. The Bertz CT molecular complexity index is 754. The molecule has 0 saturated heterocycles. The fraction of sp³-hybridized carbons (Fsp3) is 0. The molecule has 0 aliphatic rings. The Balaban J connectivity index is 2.40. The smallest absolute Gasteiger partial charge is 0.227 e. The fourth-order valence-corrected chi connectivity index (χ4v) is 1.77. The monoisotopic (exact) mass is 304 g/mol. The van der Waals surface area contributed by atoms with E-state index < -0.39 is 34.5 Å². The van der Waals surface area contributed by atoms with Crippen molar-refractivity contribution in [1.29, 1.82) is 0 Å². The Labute approximate surface area is 124 Å². The molecule has 0 amide bonds. The molecule has 0 spiro atoms. The molecule has 0 aliphatic heterocycles. The lowest BCUT2D eigenvalue weighted by atomic mass is 10.1. The second kappa shape index (κ2) is 5.57. The summed E-state index contributed by atoms with van der Waals surface area (Å²) in [6.07, 6.45) is 0.816. The Morgan fingerprint density at radius 2 is 1.41 bits per heavy atom. The van der Waals surface area contributed by atoms with Gasteiger partial charge in [-0.05, 0) is 24.3 Å². The highest BCUT2D eigenvalue weighted by molar-refractivity contribution is 6.10. The number of phenolic OH excluding ortho intramolecular Hbond substituents is 5. The van der Waals surface area contributed by atoms with Gasteiger partial charge in [0.2, 0.25) is 5.78 Å². The third kappa shape index (κ3) is 2.88. The first-order chi connectivity index (χ1) is 10.3. The van der Waals surface area contributed by atoms with E-state index in [9.17, 15) is 30.3 Å². The van der Waals surface area contributed by atoms with Crippen LogP contribution in [-0.2, 0) is 0 Å². The molecule has 0 heterocycles. The Morgan fingerprint density at radius 1 is 0.818 bits per heavy atom. The van der Waals surface area contributed by atoms with Gasteiger partial charge in [-0.3, -0.25) is 4.79 Å². The summed E-state index contributed by atoms with van der Waals surface area (Å²) >= 11 is 0. The van der Waals surface area contributed by atoms with Crippen molar-refractivity contribution < 1.29 is 35.4 Å². The van der Waals surface area contributed by atoms with Crippen LogP contribution in [0.15, 0.2) is 36.1 Å². The van der Waals surface area contributed by atoms with E-state index in [-0.39, 0.29) is 16.9 Å². The lowest BCUT2D eigenvalue weighted by molar-refractivity contribution is 0.0980. The van der Waals surface area contributed by atoms with Crippen molar-refractivity contribution in [1.82, 2.24) is 0 Å². The zero-order valence-corrected chi connectivity index (χ0v) is 11.1. The predicted octanol–water partition coefficient (Wildman–Crippen LogP) is 2.00. The second-order valence-electron chi connectivity index (χ2n) is 4.46. The molecule has 0 aromatic heterocycles. The molecule has 6 N–H and O–H groups in total. The first kappa shape index (κ1) is 15.0. The number of aromatic hydroxyl groups is 5. The summed E-state index contributed by atoms with van der Waals surface area (Å²) in [6.45, 7) is 0. The number of hydrogen-bond donors (Lipinski definition) is 6. The molecule has 0 fully saturated rings. The van der Waals surface area contributed by atoms with Gasteiger partial charge in [-0.2, -0.15) is 0 Å². The predicted molar refractivity (Wildman–Crippen MR) is 76.1 cm³/mol. The standard InChI is InChI=1S/C15H12O7/c16-8-4-11(18)9(12(19)5-8)6-14(21)15(22)7-1-2-10(17)13(20)3-7/h1-6,16-21H/b14-6+. The summed E-state index contributed by atoms with van der Waals surface area (Å²) in [5, 5.41) is 56.6. The number of carbonyl (C=O) groups is 1. The molecule has 0 saturated carbocycles. The Morgan fingerprint density at radius 3 is 1.95 bits per heavy atom. The molecule has 22 heavy (non-hydrogen) atoms. The molecule has 0 bridgehead atoms. The zero-order chi connectivity index (χ0) is 16.4. The summed E-state index contributed by atoms with van der Waals surface area (Å²) < 4.78 is 0. The van der Waals surface area contributed by atoms with Crippen molar-refractivity contribution in [2.75, 3.05) is 0 Å². The number of allylic oxidation sites excluding steroid dienone is 1.